The highest BCUT2D eigenvalue weighted by atomic mass is 19.4. The summed E-state index contributed by atoms with van der Waals surface area (Å²) in [6.07, 6.45) is -5.08. The zero-order chi connectivity index (χ0) is 18.0. The summed E-state index contributed by atoms with van der Waals surface area (Å²) in [6.45, 7) is 0.976. The van der Waals surface area contributed by atoms with Gasteiger partial charge >= 0.3 is 6.18 Å². The van der Waals surface area contributed by atoms with Gasteiger partial charge in [-0.2, -0.15) is 23.3 Å². The van der Waals surface area contributed by atoms with E-state index in [2.05, 4.69) is 5.10 Å². The van der Waals surface area contributed by atoms with Crippen molar-refractivity contribution < 1.29 is 32.2 Å². The van der Waals surface area contributed by atoms with E-state index in [0.29, 0.717) is 6.42 Å². The van der Waals surface area contributed by atoms with Gasteiger partial charge < -0.3 is 9.84 Å². The molecule has 1 aromatic carbocycles. The Hall–Kier alpha value is -2.16. The number of halogens is 4. The minimum absolute atomic E-state index is 0.0293. The summed E-state index contributed by atoms with van der Waals surface area (Å²) < 4.78 is 57.3. The zero-order valence-electron chi connectivity index (χ0n) is 12.8. The molecule has 0 radical (unpaired) electrons. The average molecular weight is 348 g/mol. The third kappa shape index (κ3) is 3.66. The number of amides is 1. The average Bonchev–Trinajstić information content (AvgIpc) is 2.85. The molecule has 1 aromatic rings. The van der Waals surface area contributed by atoms with Crippen LogP contribution in [-0.4, -0.2) is 40.2 Å². The molecule has 1 amide bonds. The number of carbonyl (C=O) groups excluding carboxylic acids is 1. The number of hydrogen-bond donors (Lipinski definition) is 1. The van der Waals surface area contributed by atoms with Gasteiger partial charge in [-0.05, 0) is 30.7 Å². The number of benzene rings is 1. The van der Waals surface area contributed by atoms with Crippen LogP contribution in [0.4, 0.5) is 17.6 Å². The van der Waals surface area contributed by atoms with Gasteiger partial charge in [0.1, 0.15) is 11.6 Å². The highest BCUT2D eigenvalue weighted by molar-refractivity contribution is 5.91. The van der Waals surface area contributed by atoms with Crippen molar-refractivity contribution in [2.75, 3.05) is 6.61 Å². The molecule has 0 saturated heterocycles. The molecule has 2 rings (SSSR count). The van der Waals surface area contributed by atoms with Crippen LogP contribution in [0, 0.1) is 5.82 Å². The molecule has 24 heavy (non-hydrogen) atoms. The molecule has 1 aliphatic heterocycles. The van der Waals surface area contributed by atoms with E-state index in [1.54, 1.807) is 6.92 Å². The first-order chi connectivity index (χ1) is 11.2. The first-order valence-corrected chi connectivity index (χ1v) is 7.24. The fourth-order valence-electron chi connectivity index (χ4n) is 2.27. The van der Waals surface area contributed by atoms with Crippen LogP contribution in [0.2, 0.25) is 0 Å². The van der Waals surface area contributed by atoms with E-state index >= 15 is 0 Å². The summed E-state index contributed by atoms with van der Waals surface area (Å²) in [6, 6.07) is 4.63. The third-order valence-electron chi connectivity index (χ3n) is 3.45. The van der Waals surface area contributed by atoms with Gasteiger partial charge in [0.05, 0.1) is 0 Å². The Morgan fingerprint density at radius 3 is 2.54 bits per heavy atom. The predicted molar refractivity (Wildman–Crippen MR) is 76.7 cm³/mol. The lowest BCUT2D eigenvalue weighted by molar-refractivity contribution is -0.302. The van der Waals surface area contributed by atoms with Crippen LogP contribution in [-0.2, 0) is 4.79 Å². The third-order valence-corrected chi connectivity index (χ3v) is 3.45. The molecule has 0 bridgehead atoms. The Kier molecular flexibility index (Phi) is 5.12. The van der Waals surface area contributed by atoms with Crippen LogP contribution in [0.1, 0.15) is 26.2 Å². The number of carbonyl (C=O) groups is 1. The number of alkyl halides is 3. The van der Waals surface area contributed by atoms with Gasteiger partial charge in [0.2, 0.25) is 0 Å². The van der Waals surface area contributed by atoms with Gasteiger partial charge in [-0.1, -0.05) is 13.3 Å². The molecule has 0 aromatic heterocycles. The molecule has 1 atom stereocenters. The van der Waals surface area contributed by atoms with Crippen LogP contribution < -0.4 is 4.74 Å². The molecule has 0 saturated carbocycles. The SMILES string of the molecule is CCCC1=NN(C(=O)COc2ccc(F)cc2)[C@](O)(C(F)(F)F)C1. The fourth-order valence-corrected chi connectivity index (χ4v) is 2.27. The second-order valence-corrected chi connectivity index (χ2v) is 5.36. The van der Waals surface area contributed by atoms with Gasteiger partial charge in [-0.3, -0.25) is 4.79 Å². The van der Waals surface area contributed by atoms with E-state index in [-0.39, 0.29) is 22.9 Å². The number of hydrazone groups is 1. The summed E-state index contributed by atoms with van der Waals surface area (Å²) in [5.74, 6) is -1.56. The number of hydrogen-bond acceptors (Lipinski definition) is 4. The number of nitrogens with zero attached hydrogens (tertiary/aromatic N) is 2. The zero-order valence-corrected chi connectivity index (χ0v) is 12.8. The van der Waals surface area contributed by atoms with Crippen molar-refractivity contribution in [2.45, 2.75) is 38.1 Å². The van der Waals surface area contributed by atoms with Crippen molar-refractivity contribution in [3.05, 3.63) is 30.1 Å². The molecule has 0 spiro atoms. The lowest BCUT2D eigenvalue weighted by Crippen LogP contribution is -2.57. The maximum Gasteiger partial charge on any atom is 0.438 e. The van der Waals surface area contributed by atoms with E-state index in [1.807, 2.05) is 0 Å². The summed E-state index contributed by atoms with van der Waals surface area (Å²) in [5.41, 5.74) is -3.28. The van der Waals surface area contributed by atoms with Gasteiger partial charge in [0.25, 0.3) is 11.6 Å². The number of aliphatic hydroxyl groups is 1. The molecule has 1 N–H and O–H groups in total. The van der Waals surface area contributed by atoms with Crippen molar-refractivity contribution in [2.24, 2.45) is 5.10 Å². The summed E-state index contributed by atoms with van der Waals surface area (Å²) in [4.78, 5) is 12.1. The lowest BCUT2D eigenvalue weighted by Gasteiger charge is -2.32. The number of rotatable bonds is 5. The summed E-state index contributed by atoms with van der Waals surface area (Å²) in [7, 11) is 0. The highest BCUT2D eigenvalue weighted by Gasteiger charge is 2.63. The molecule has 9 heteroatoms. The monoisotopic (exact) mass is 348 g/mol. The molecular weight excluding hydrogens is 332 g/mol. The second-order valence-electron chi connectivity index (χ2n) is 5.36. The molecule has 0 aliphatic carbocycles. The van der Waals surface area contributed by atoms with Crippen molar-refractivity contribution >= 4 is 11.6 Å². The highest BCUT2D eigenvalue weighted by Crippen LogP contribution is 2.40. The minimum atomic E-state index is -5.06. The Balaban J connectivity index is 2.13. The van der Waals surface area contributed by atoms with Crippen LogP contribution in [0.3, 0.4) is 0 Å². The van der Waals surface area contributed by atoms with Crippen molar-refractivity contribution in [1.82, 2.24) is 5.01 Å². The van der Waals surface area contributed by atoms with Gasteiger partial charge in [0.15, 0.2) is 6.61 Å². The molecular formula is C15H16F4N2O3. The van der Waals surface area contributed by atoms with Crippen LogP contribution in [0.5, 0.6) is 5.75 Å². The van der Waals surface area contributed by atoms with E-state index in [9.17, 15) is 27.5 Å². The van der Waals surface area contributed by atoms with Gasteiger partial charge in [-0.25, -0.2) is 4.39 Å². The lowest BCUT2D eigenvalue weighted by atomic mass is 10.0. The first kappa shape index (κ1) is 18.2. The Bertz CT molecular complexity index is 631. The Morgan fingerprint density at radius 1 is 1.38 bits per heavy atom. The number of ether oxygens (including phenoxy) is 1. The molecule has 0 unspecified atom stereocenters. The molecule has 0 fully saturated rings. The quantitative estimate of drug-likeness (QED) is 0.833. The van der Waals surface area contributed by atoms with E-state index in [4.69, 9.17) is 4.74 Å². The standard InChI is InChI=1S/C15H16F4N2O3/c1-2-3-11-8-14(23,15(17,18)19)21(20-11)13(22)9-24-12-6-4-10(16)5-7-12/h4-7,23H,2-3,8-9H2,1H3/t14-/m1/s1. The molecule has 1 aliphatic rings. The fraction of sp³-hybridized carbons (Fsp3) is 0.467. The largest absolute Gasteiger partial charge is 0.484 e. The second kappa shape index (κ2) is 6.76. The van der Waals surface area contributed by atoms with E-state index in [1.165, 1.54) is 12.1 Å². The van der Waals surface area contributed by atoms with Crippen LogP contribution in [0.15, 0.2) is 29.4 Å². The normalized spacial score (nSPS) is 20.9. The van der Waals surface area contributed by atoms with E-state index < -0.39 is 36.7 Å². The van der Waals surface area contributed by atoms with Crippen LogP contribution in [0.25, 0.3) is 0 Å². The molecule has 132 valence electrons. The maximum atomic E-state index is 13.2. The first-order valence-electron chi connectivity index (χ1n) is 7.24. The molecule has 5 nitrogen and oxygen atoms in total. The van der Waals surface area contributed by atoms with Crippen molar-refractivity contribution in [3.63, 3.8) is 0 Å². The van der Waals surface area contributed by atoms with Gasteiger partial charge in [0, 0.05) is 12.1 Å². The van der Waals surface area contributed by atoms with Crippen molar-refractivity contribution in [1.29, 1.82) is 0 Å². The summed E-state index contributed by atoms with van der Waals surface area (Å²) >= 11 is 0. The van der Waals surface area contributed by atoms with Crippen LogP contribution >= 0.6 is 0 Å². The van der Waals surface area contributed by atoms with Gasteiger partial charge in [-0.15, -0.1) is 0 Å². The summed E-state index contributed by atoms with van der Waals surface area (Å²) in [5, 5.41) is 13.6. The predicted octanol–water partition coefficient (Wildman–Crippen LogP) is 2.84. The topological polar surface area (TPSA) is 62.1 Å². The Morgan fingerprint density at radius 2 is 2.00 bits per heavy atom. The minimum Gasteiger partial charge on any atom is -0.484 e. The molecule has 1 heterocycles. The maximum absolute atomic E-state index is 13.2. The Labute approximate surface area is 135 Å². The smallest absolute Gasteiger partial charge is 0.438 e. The van der Waals surface area contributed by atoms with E-state index in [0.717, 1.165) is 12.1 Å². The van der Waals surface area contributed by atoms with Crippen molar-refractivity contribution in [3.8, 4) is 5.75 Å².